The fraction of sp³-hybridized carbons (Fsp3) is 0.533. The van der Waals surface area contributed by atoms with Crippen molar-refractivity contribution >= 4 is 26.7 Å². The van der Waals surface area contributed by atoms with Crippen molar-refractivity contribution < 1.29 is 4.74 Å². The maximum Gasteiger partial charge on any atom is 0.184 e. The molecule has 3 rings (SSSR count). The molecule has 0 amide bonds. The molecule has 2 unspecified atom stereocenters. The van der Waals surface area contributed by atoms with Crippen LogP contribution in [0, 0.1) is 5.92 Å². The summed E-state index contributed by atoms with van der Waals surface area (Å²) >= 11 is 1.72. The van der Waals surface area contributed by atoms with Crippen LogP contribution in [-0.2, 0) is 0 Å². The van der Waals surface area contributed by atoms with E-state index in [1.165, 1.54) is 24.0 Å². The number of thiazole rings is 1. The van der Waals surface area contributed by atoms with Gasteiger partial charge in [0.15, 0.2) is 5.13 Å². The second-order valence-electron chi connectivity index (χ2n) is 5.34. The van der Waals surface area contributed by atoms with Crippen molar-refractivity contribution in [1.82, 2.24) is 4.98 Å². The highest BCUT2D eigenvalue weighted by molar-refractivity contribution is 7.22. The van der Waals surface area contributed by atoms with Crippen molar-refractivity contribution in [3.8, 4) is 5.75 Å². The van der Waals surface area contributed by atoms with Gasteiger partial charge in [-0.15, -0.1) is 0 Å². The Morgan fingerprint density at radius 1 is 1.42 bits per heavy atom. The standard InChI is InChI=1S/C15H20N2OS/c1-3-18-12-6-7-13-14(9-12)19-15(17-13)16-11-5-4-10(2)8-11/h6-7,9-11H,3-5,8H2,1-2H3,(H,16,17). The summed E-state index contributed by atoms with van der Waals surface area (Å²) in [6, 6.07) is 6.72. The molecule has 0 aliphatic heterocycles. The molecule has 0 saturated heterocycles. The number of hydrogen-bond donors (Lipinski definition) is 1. The van der Waals surface area contributed by atoms with Crippen LogP contribution in [0.3, 0.4) is 0 Å². The molecule has 1 fully saturated rings. The number of aromatic nitrogens is 1. The van der Waals surface area contributed by atoms with Crippen molar-refractivity contribution in [3.63, 3.8) is 0 Å². The molecular formula is C15H20N2OS. The average molecular weight is 276 g/mol. The van der Waals surface area contributed by atoms with E-state index in [0.717, 1.165) is 22.3 Å². The summed E-state index contributed by atoms with van der Waals surface area (Å²) in [6.07, 6.45) is 3.86. The topological polar surface area (TPSA) is 34.1 Å². The van der Waals surface area contributed by atoms with Crippen LogP contribution in [0.15, 0.2) is 18.2 Å². The molecule has 0 bridgehead atoms. The number of nitrogens with zero attached hydrogens (tertiary/aromatic N) is 1. The van der Waals surface area contributed by atoms with Gasteiger partial charge < -0.3 is 10.1 Å². The summed E-state index contributed by atoms with van der Waals surface area (Å²) in [5, 5.41) is 4.62. The highest BCUT2D eigenvalue weighted by Gasteiger charge is 2.21. The van der Waals surface area contributed by atoms with Crippen LogP contribution < -0.4 is 10.1 Å². The Kier molecular flexibility index (Phi) is 3.60. The second kappa shape index (κ2) is 5.37. The highest BCUT2D eigenvalue weighted by atomic mass is 32.1. The molecule has 1 N–H and O–H groups in total. The lowest BCUT2D eigenvalue weighted by atomic mass is 10.1. The van der Waals surface area contributed by atoms with Crippen molar-refractivity contribution in [3.05, 3.63) is 18.2 Å². The van der Waals surface area contributed by atoms with Crippen LogP contribution in [0.2, 0.25) is 0 Å². The third-order valence-corrected chi connectivity index (χ3v) is 4.64. The Hall–Kier alpha value is -1.29. The molecule has 1 saturated carbocycles. The maximum atomic E-state index is 5.53. The first kappa shape index (κ1) is 12.7. The van der Waals surface area contributed by atoms with Gasteiger partial charge in [0.1, 0.15) is 5.75 Å². The Labute approximate surface area is 118 Å². The lowest BCUT2D eigenvalue weighted by Gasteiger charge is -2.10. The molecule has 2 atom stereocenters. The quantitative estimate of drug-likeness (QED) is 0.904. The Bertz CT molecular complexity index is 566. The third-order valence-electron chi connectivity index (χ3n) is 3.69. The number of fused-ring (bicyclic) bond motifs is 1. The molecule has 1 aromatic carbocycles. The summed E-state index contributed by atoms with van der Waals surface area (Å²) in [5.74, 6) is 1.77. The molecule has 4 heteroatoms. The van der Waals surface area contributed by atoms with E-state index in [2.05, 4.69) is 23.3 Å². The van der Waals surface area contributed by atoms with Gasteiger partial charge in [-0.3, -0.25) is 0 Å². The number of hydrogen-bond acceptors (Lipinski definition) is 4. The van der Waals surface area contributed by atoms with E-state index in [-0.39, 0.29) is 0 Å². The van der Waals surface area contributed by atoms with Gasteiger partial charge in [-0.05, 0) is 50.3 Å². The molecule has 1 aliphatic rings. The lowest BCUT2D eigenvalue weighted by molar-refractivity contribution is 0.341. The number of ether oxygens (including phenoxy) is 1. The molecule has 0 spiro atoms. The van der Waals surface area contributed by atoms with Gasteiger partial charge in [0.25, 0.3) is 0 Å². The zero-order valence-corrected chi connectivity index (χ0v) is 12.3. The van der Waals surface area contributed by atoms with Gasteiger partial charge in [0, 0.05) is 6.04 Å². The highest BCUT2D eigenvalue weighted by Crippen LogP contribution is 2.32. The van der Waals surface area contributed by atoms with Crippen molar-refractivity contribution in [2.45, 2.75) is 39.2 Å². The molecule has 1 aliphatic carbocycles. The first-order valence-electron chi connectivity index (χ1n) is 7.04. The van der Waals surface area contributed by atoms with Crippen LogP contribution in [0.1, 0.15) is 33.1 Å². The monoisotopic (exact) mass is 276 g/mol. The van der Waals surface area contributed by atoms with E-state index in [0.29, 0.717) is 12.6 Å². The molecule has 3 nitrogen and oxygen atoms in total. The second-order valence-corrected chi connectivity index (χ2v) is 6.37. The first-order valence-corrected chi connectivity index (χ1v) is 7.86. The van der Waals surface area contributed by atoms with Gasteiger partial charge >= 0.3 is 0 Å². The third kappa shape index (κ3) is 2.84. The van der Waals surface area contributed by atoms with E-state index < -0.39 is 0 Å². The van der Waals surface area contributed by atoms with Crippen molar-refractivity contribution in [2.75, 3.05) is 11.9 Å². The normalized spacial score (nSPS) is 22.8. The van der Waals surface area contributed by atoms with Gasteiger partial charge in [-0.25, -0.2) is 4.98 Å². The smallest absolute Gasteiger partial charge is 0.184 e. The summed E-state index contributed by atoms with van der Waals surface area (Å²) < 4.78 is 6.72. The predicted molar refractivity (Wildman–Crippen MR) is 81.2 cm³/mol. The van der Waals surface area contributed by atoms with Crippen molar-refractivity contribution in [1.29, 1.82) is 0 Å². The lowest BCUT2D eigenvalue weighted by Crippen LogP contribution is -2.14. The van der Waals surface area contributed by atoms with Crippen molar-refractivity contribution in [2.24, 2.45) is 5.92 Å². The maximum absolute atomic E-state index is 5.53. The van der Waals surface area contributed by atoms with Gasteiger partial charge in [0.05, 0.1) is 16.8 Å². The zero-order valence-electron chi connectivity index (χ0n) is 11.5. The fourth-order valence-electron chi connectivity index (χ4n) is 2.74. The molecule has 1 heterocycles. The minimum atomic E-state index is 0.599. The van der Waals surface area contributed by atoms with Crippen LogP contribution in [0.5, 0.6) is 5.75 Å². The fourth-order valence-corrected chi connectivity index (χ4v) is 3.71. The molecule has 2 aromatic rings. The summed E-state index contributed by atoms with van der Waals surface area (Å²) in [7, 11) is 0. The zero-order chi connectivity index (χ0) is 13.2. The van der Waals surface area contributed by atoms with Crippen LogP contribution in [0.25, 0.3) is 10.2 Å². The number of rotatable bonds is 4. The Morgan fingerprint density at radius 3 is 3.05 bits per heavy atom. The Morgan fingerprint density at radius 2 is 2.32 bits per heavy atom. The number of benzene rings is 1. The van der Waals surface area contributed by atoms with Crippen LogP contribution in [-0.4, -0.2) is 17.6 Å². The summed E-state index contributed by atoms with van der Waals surface area (Å²) in [6.45, 7) is 5.04. The minimum absolute atomic E-state index is 0.599. The first-order chi connectivity index (χ1) is 9.24. The molecule has 1 aromatic heterocycles. The molecule has 0 radical (unpaired) electrons. The minimum Gasteiger partial charge on any atom is -0.494 e. The van der Waals surface area contributed by atoms with E-state index in [9.17, 15) is 0 Å². The van der Waals surface area contributed by atoms with E-state index in [1.807, 2.05) is 19.1 Å². The predicted octanol–water partition coefficient (Wildman–Crippen LogP) is 4.30. The molecule has 19 heavy (non-hydrogen) atoms. The van der Waals surface area contributed by atoms with Crippen LogP contribution in [0.4, 0.5) is 5.13 Å². The SMILES string of the molecule is CCOc1ccc2nc(NC3CCC(C)C3)sc2c1. The largest absolute Gasteiger partial charge is 0.494 e. The van der Waals surface area contributed by atoms with E-state index in [4.69, 9.17) is 4.74 Å². The van der Waals surface area contributed by atoms with Gasteiger partial charge in [-0.1, -0.05) is 18.3 Å². The molecular weight excluding hydrogens is 256 g/mol. The molecule has 102 valence electrons. The summed E-state index contributed by atoms with van der Waals surface area (Å²) in [4.78, 5) is 4.65. The number of anilines is 1. The van der Waals surface area contributed by atoms with E-state index >= 15 is 0 Å². The Balaban J connectivity index is 1.77. The van der Waals surface area contributed by atoms with E-state index in [1.54, 1.807) is 11.3 Å². The summed E-state index contributed by atoms with van der Waals surface area (Å²) in [5.41, 5.74) is 1.06. The van der Waals surface area contributed by atoms with Gasteiger partial charge in [0.2, 0.25) is 0 Å². The van der Waals surface area contributed by atoms with Gasteiger partial charge in [-0.2, -0.15) is 0 Å². The number of nitrogens with one attached hydrogen (secondary N) is 1. The van der Waals surface area contributed by atoms with Crippen LogP contribution >= 0.6 is 11.3 Å². The average Bonchev–Trinajstić information content (AvgIpc) is 2.95.